The molecular weight excluding hydrogens is 272 g/mol. The van der Waals surface area contributed by atoms with Crippen LogP contribution >= 0.6 is 11.8 Å². The number of allylic oxidation sites excluding steroid dienone is 3. The van der Waals surface area contributed by atoms with Gasteiger partial charge in [-0.15, -0.1) is 0 Å². The number of carbonyl (C=O) groups excluding carboxylic acids is 2. The van der Waals surface area contributed by atoms with Gasteiger partial charge in [-0.2, -0.15) is 0 Å². The molecule has 0 fully saturated rings. The van der Waals surface area contributed by atoms with Gasteiger partial charge in [0.2, 0.25) is 5.91 Å². The standard InChI is InChI=1S/C15H22N2O2S/c1-3-4-8-13(19)16-10-9-14-17(2)11-6-5-7-12(18)15(11)20-14/h5-6,14H,3-4,7-10H2,1-2H3,(H,16,19). The van der Waals surface area contributed by atoms with Crippen LogP contribution in [0.1, 0.15) is 39.0 Å². The zero-order valence-corrected chi connectivity index (χ0v) is 13.0. The second-order valence-electron chi connectivity index (χ2n) is 5.17. The van der Waals surface area contributed by atoms with E-state index in [2.05, 4.69) is 17.1 Å². The lowest BCUT2D eigenvalue weighted by Gasteiger charge is -2.23. The number of hydrogen-bond donors (Lipinski definition) is 1. The molecule has 2 rings (SSSR count). The Morgan fingerprint density at radius 1 is 1.55 bits per heavy atom. The molecule has 110 valence electrons. The van der Waals surface area contributed by atoms with Crippen LogP contribution in [0.4, 0.5) is 0 Å². The van der Waals surface area contributed by atoms with Gasteiger partial charge in [0, 0.05) is 26.4 Å². The Kier molecular flexibility index (Phi) is 5.29. The summed E-state index contributed by atoms with van der Waals surface area (Å²) in [6, 6.07) is 0. The molecule has 0 spiro atoms. The van der Waals surface area contributed by atoms with Crippen LogP contribution in [0.25, 0.3) is 0 Å². The largest absolute Gasteiger partial charge is 0.361 e. The number of Topliss-reactive ketones (excluding diaryl/α,β-unsaturated/α-hetero) is 1. The van der Waals surface area contributed by atoms with E-state index in [1.54, 1.807) is 11.8 Å². The molecule has 0 aromatic carbocycles. The molecule has 1 heterocycles. The van der Waals surface area contributed by atoms with Crippen molar-refractivity contribution in [3.8, 4) is 0 Å². The van der Waals surface area contributed by atoms with Gasteiger partial charge in [-0.25, -0.2) is 0 Å². The lowest BCUT2D eigenvalue weighted by Crippen LogP contribution is -2.30. The summed E-state index contributed by atoms with van der Waals surface area (Å²) in [6.07, 6.45) is 7.92. The van der Waals surface area contributed by atoms with Crippen LogP contribution in [0.5, 0.6) is 0 Å². The van der Waals surface area contributed by atoms with Gasteiger partial charge in [-0.1, -0.05) is 31.2 Å². The first kappa shape index (κ1) is 15.2. The third kappa shape index (κ3) is 3.45. The molecule has 0 bridgehead atoms. The molecule has 0 saturated carbocycles. The average Bonchev–Trinajstić information content (AvgIpc) is 2.76. The third-order valence-corrected chi connectivity index (χ3v) is 5.10. The van der Waals surface area contributed by atoms with Gasteiger partial charge in [0.15, 0.2) is 5.78 Å². The summed E-state index contributed by atoms with van der Waals surface area (Å²) in [4.78, 5) is 26.4. The summed E-state index contributed by atoms with van der Waals surface area (Å²) in [6.45, 7) is 2.75. The van der Waals surface area contributed by atoms with Crippen molar-refractivity contribution >= 4 is 23.5 Å². The highest BCUT2D eigenvalue weighted by Gasteiger charge is 2.33. The number of nitrogens with one attached hydrogen (secondary N) is 1. The maximum absolute atomic E-state index is 11.8. The normalized spacial score (nSPS) is 21.4. The van der Waals surface area contributed by atoms with Crippen molar-refractivity contribution in [2.24, 2.45) is 0 Å². The maximum Gasteiger partial charge on any atom is 0.219 e. The number of nitrogens with zero attached hydrogens (tertiary/aromatic N) is 1. The quantitative estimate of drug-likeness (QED) is 0.817. The van der Waals surface area contributed by atoms with E-state index in [9.17, 15) is 9.59 Å². The molecule has 0 aromatic heterocycles. The first-order valence-corrected chi connectivity index (χ1v) is 8.11. The smallest absolute Gasteiger partial charge is 0.219 e. The van der Waals surface area contributed by atoms with Crippen LogP contribution in [0.3, 0.4) is 0 Å². The van der Waals surface area contributed by atoms with E-state index in [-0.39, 0.29) is 17.1 Å². The highest BCUT2D eigenvalue weighted by Crippen LogP contribution is 2.41. The topological polar surface area (TPSA) is 49.4 Å². The Bertz CT molecular complexity index is 457. The lowest BCUT2D eigenvalue weighted by molar-refractivity contribution is -0.121. The summed E-state index contributed by atoms with van der Waals surface area (Å²) in [5.74, 6) is 0.347. The van der Waals surface area contributed by atoms with Gasteiger partial charge in [0.25, 0.3) is 0 Å². The minimum Gasteiger partial charge on any atom is -0.361 e. The Balaban J connectivity index is 1.78. The van der Waals surface area contributed by atoms with E-state index in [4.69, 9.17) is 0 Å². The summed E-state index contributed by atoms with van der Waals surface area (Å²) < 4.78 is 0. The molecule has 20 heavy (non-hydrogen) atoms. The molecule has 0 aromatic rings. The molecule has 1 aliphatic carbocycles. The maximum atomic E-state index is 11.8. The summed E-state index contributed by atoms with van der Waals surface area (Å²) >= 11 is 1.63. The fraction of sp³-hybridized carbons (Fsp3) is 0.600. The van der Waals surface area contributed by atoms with Crippen molar-refractivity contribution in [2.45, 2.75) is 44.4 Å². The second kappa shape index (κ2) is 6.97. The van der Waals surface area contributed by atoms with Gasteiger partial charge in [-0.05, 0) is 18.9 Å². The Labute approximate surface area is 124 Å². The van der Waals surface area contributed by atoms with Crippen LogP contribution in [0, 0.1) is 0 Å². The van der Waals surface area contributed by atoms with Gasteiger partial charge in [-0.3, -0.25) is 9.59 Å². The minimum atomic E-state index is 0.131. The highest BCUT2D eigenvalue weighted by molar-refractivity contribution is 8.04. The predicted molar refractivity (Wildman–Crippen MR) is 82.1 cm³/mol. The van der Waals surface area contributed by atoms with Crippen LogP contribution in [-0.4, -0.2) is 35.6 Å². The number of carbonyl (C=O) groups is 2. The van der Waals surface area contributed by atoms with Crippen molar-refractivity contribution in [2.75, 3.05) is 13.6 Å². The molecule has 1 unspecified atom stereocenters. The van der Waals surface area contributed by atoms with Gasteiger partial charge in [0.05, 0.1) is 16.0 Å². The van der Waals surface area contributed by atoms with Crippen molar-refractivity contribution in [1.29, 1.82) is 0 Å². The van der Waals surface area contributed by atoms with Crippen LogP contribution in [0.2, 0.25) is 0 Å². The van der Waals surface area contributed by atoms with E-state index in [0.29, 0.717) is 19.4 Å². The Hall–Kier alpha value is -1.23. The molecular formula is C15H22N2O2S. The molecule has 1 N–H and O–H groups in total. The fourth-order valence-corrected chi connectivity index (χ4v) is 3.70. The molecule has 0 saturated heterocycles. The fourth-order valence-electron chi connectivity index (χ4n) is 2.38. The molecule has 5 heteroatoms. The third-order valence-electron chi connectivity index (χ3n) is 3.60. The van der Waals surface area contributed by atoms with Crippen LogP contribution in [0.15, 0.2) is 22.8 Å². The van der Waals surface area contributed by atoms with Gasteiger partial charge < -0.3 is 10.2 Å². The van der Waals surface area contributed by atoms with Crippen LogP contribution < -0.4 is 5.32 Å². The summed E-state index contributed by atoms with van der Waals surface area (Å²) in [5, 5.41) is 3.21. The molecule has 1 amide bonds. The van der Waals surface area contributed by atoms with Crippen molar-refractivity contribution in [3.63, 3.8) is 0 Å². The van der Waals surface area contributed by atoms with E-state index >= 15 is 0 Å². The number of likely N-dealkylation sites (N-methyl/N-ethyl adjacent to an activating group) is 1. The Morgan fingerprint density at radius 2 is 2.35 bits per heavy atom. The molecule has 4 nitrogen and oxygen atoms in total. The number of hydrogen-bond acceptors (Lipinski definition) is 4. The average molecular weight is 294 g/mol. The second-order valence-corrected chi connectivity index (χ2v) is 6.36. The highest BCUT2D eigenvalue weighted by atomic mass is 32.2. The molecule has 0 radical (unpaired) electrons. The van der Waals surface area contributed by atoms with E-state index < -0.39 is 0 Å². The lowest BCUT2D eigenvalue weighted by atomic mass is 10.1. The summed E-state index contributed by atoms with van der Waals surface area (Å²) in [5.41, 5.74) is 1.04. The minimum absolute atomic E-state index is 0.131. The van der Waals surface area contributed by atoms with Crippen molar-refractivity contribution < 1.29 is 9.59 Å². The zero-order chi connectivity index (χ0) is 14.5. The van der Waals surface area contributed by atoms with Gasteiger partial charge >= 0.3 is 0 Å². The van der Waals surface area contributed by atoms with E-state index in [1.165, 1.54) is 0 Å². The molecule has 1 atom stereocenters. The summed E-state index contributed by atoms with van der Waals surface area (Å²) in [7, 11) is 2.02. The van der Waals surface area contributed by atoms with Crippen LogP contribution in [-0.2, 0) is 9.59 Å². The van der Waals surface area contributed by atoms with E-state index in [0.717, 1.165) is 29.9 Å². The number of thioether (sulfide) groups is 1. The van der Waals surface area contributed by atoms with Gasteiger partial charge in [0.1, 0.15) is 0 Å². The number of rotatable bonds is 6. The molecule has 1 aliphatic heterocycles. The van der Waals surface area contributed by atoms with E-state index in [1.807, 2.05) is 19.2 Å². The first-order valence-electron chi connectivity index (χ1n) is 7.23. The monoisotopic (exact) mass is 294 g/mol. The first-order chi connectivity index (χ1) is 9.63. The van der Waals surface area contributed by atoms with Crippen molar-refractivity contribution in [3.05, 3.63) is 22.8 Å². The number of ketones is 1. The SMILES string of the molecule is CCCCC(=O)NCCC1SC2=C(C=CCC2=O)N1C. The zero-order valence-electron chi connectivity index (χ0n) is 12.1. The molecule has 2 aliphatic rings. The number of amides is 1. The predicted octanol–water partition coefficient (Wildman–Crippen LogP) is 2.43. The number of unbranched alkanes of at least 4 members (excludes halogenated alkanes) is 1. The Morgan fingerprint density at radius 3 is 3.05 bits per heavy atom. The van der Waals surface area contributed by atoms with Crippen molar-refractivity contribution in [1.82, 2.24) is 10.2 Å².